The van der Waals surface area contributed by atoms with Gasteiger partial charge in [-0.15, -0.1) is 0 Å². The first kappa shape index (κ1) is 14.5. The van der Waals surface area contributed by atoms with Crippen LogP contribution in [0.5, 0.6) is 0 Å². The molecule has 22 heavy (non-hydrogen) atoms. The first-order valence-corrected chi connectivity index (χ1v) is 7.11. The van der Waals surface area contributed by atoms with E-state index in [2.05, 4.69) is 10.3 Å². The van der Waals surface area contributed by atoms with E-state index in [9.17, 15) is 9.59 Å². The maximum absolute atomic E-state index is 12.3. The van der Waals surface area contributed by atoms with Crippen molar-refractivity contribution >= 4 is 11.8 Å². The summed E-state index contributed by atoms with van der Waals surface area (Å²) in [5, 5.41) is 3.12. The van der Waals surface area contributed by atoms with E-state index >= 15 is 0 Å². The van der Waals surface area contributed by atoms with Crippen LogP contribution in [0.3, 0.4) is 0 Å². The van der Waals surface area contributed by atoms with E-state index in [4.69, 9.17) is 4.74 Å². The molecular weight excluding hydrogens is 282 g/mol. The standard InChI is InChI=1S/C16H17N3O3/c1-22-16(21)13-7-12-14(8-17-13)19(10-18-12)9-15(20)11-5-3-2-4-6-11/h2-6,10,13,17H,7-9H2,1H3. The SMILES string of the molecule is COC(=O)C1Cc2ncn(CC(=O)c3ccccc3)c2CN1. The number of ketones is 1. The summed E-state index contributed by atoms with van der Waals surface area (Å²) >= 11 is 0. The van der Waals surface area contributed by atoms with Crippen molar-refractivity contribution in [1.82, 2.24) is 14.9 Å². The smallest absolute Gasteiger partial charge is 0.323 e. The number of carbonyl (C=O) groups is 2. The molecular formula is C16H17N3O3. The fraction of sp³-hybridized carbons (Fsp3) is 0.312. The molecule has 0 amide bonds. The molecule has 6 heteroatoms. The van der Waals surface area contributed by atoms with Gasteiger partial charge >= 0.3 is 5.97 Å². The van der Waals surface area contributed by atoms with Crippen molar-refractivity contribution in [3.05, 3.63) is 53.6 Å². The number of imidazole rings is 1. The number of hydrogen-bond acceptors (Lipinski definition) is 5. The van der Waals surface area contributed by atoms with Gasteiger partial charge in [0.2, 0.25) is 0 Å². The summed E-state index contributed by atoms with van der Waals surface area (Å²) in [5.41, 5.74) is 2.47. The molecule has 0 saturated heterocycles. The summed E-state index contributed by atoms with van der Waals surface area (Å²) in [6, 6.07) is 8.81. The minimum absolute atomic E-state index is 0.0379. The quantitative estimate of drug-likeness (QED) is 0.672. The molecule has 1 aromatic heterocycles. The van der Waals surface area contributed by atoms with Crippen LogP contribution in [0.2, 0.25) is 0 Å². The van der Waals surface area contributed by atoms with Crippen molar-refractivity contribution in [1.29, 1.82) is 0 Å². The molecule has 1 N–H and O–H groups in total. The molecule has 2 heterocycles. The normalized spacial score (nSPS) is 16.9. The lowest BCUT2D eigenvalue weighted by molar-refractivity contribution is -0.143. The lowest BCUT2D eigenvalue weighted by atomic mass is 10.1. The maximum Gasteiger partial charge on any atom is 0.323 e. The summed E-state index contributed by atoms with van der Waals surface area (Å²) in [5.74, 6) is -0.253. The molecule has 1 aliphatic rings. The van der Waals surface area contributed by atoms with E-state index in [1.165, 1.54) is 7.11 Å². The van der Waals surface area contributed by atoms with Crippen molar-refractivity contribution < 1.29 is 14.3 Å². The number of esters is 1. The van der Waals surface area contributed by atoms with Crippen LogP contribution >= 0.6 is 0 Å². The zero-order valence-electron chi connectivity index (χ0n) is 12.3. The van der Waals surface area contributed by atoms with Gasteiger partial charge in [0, 0.05) is 18.5 Å². The van der Waals surface area contributed by atoms with Gasteiger partial charge in [0.15, 0.2) is 5.78 Å². The lowest BCUT2D eigenvalue weighted by Crippen LogP contribution is -2.43. The van der Waals surface area contributed by atoms with E-state index in [1.807, 2.05) is 22.8 Å². The number of methoxy groups -OCH3 is 1. The van der Waals surface area contributed by atoms with Gasteiger partial charge < -0.3 is 9.30 Å². The highest BCUT2D eigenvalue weighted by Crippen LogP contribution is 2.17. The van der Waals surface area contributed by atoms with Gasteiger partial charge in [-0.2, -0.15) is 0 Å². The topological polar surface area (TPSA) is 73.2 Å². The predicted octanol–water partition coefficient (Wildman–Crippen LogP) is 0.953. The number of aromatic nitrogens is 2. The number of fused-ring (bicyclic) bond motifs is 1. The van der Waals surface area contributed by atoms with Crippen LogP contribution in [0.1, 0.15) is 21.7 Å². The number of carbonyl (C=O) groups excluding carboxylic acids is 2. The Labute approximate surface area is 128 Å². The van der Waals surface area contributed by atoms with Gasteiger partial charge in [0.1, 0.15) is 6.04 Å². The largest absolute Gasteiger partial charge is 0.468 e. The van der Waals surface area contributed by atoms with E-state index in [0.29, 0.717) is 18.5 Å². The molecule has 0 spiro atoms. The third-order valence-corrected chi connectivity index (χ3v) is 3.84. The number of ether oxygens (including phenoxy) is 1. The zero-order valence-corrected chi connectivity index (χ0v) is 12.3. The van der Waals surface area contributed by atoms with E-state index in [1.54, 1.807) is 18.5 Å². The molecule has 2 aromatic rings. The summed E-state index contributed by atoms with van der Waals surface area (Å²) in [6.07, 6.45) is 2.14. The predicted molar refractivity (Wildman–Crippen MR) is 79.3 cm³/mol. The average molecular weight is 299 g/mol. The Kier molecular flexibility index (Phi) is 4.02. The van der Waals surface area contributed by atoms with Crippen LogP contribution in [0.25, 0.3) is 0 Å². The number of benzene rings is 1. The molecule has 114 valence electrons. The Morgan fingerprint density at radius 1 is 1.36 bits per heavy atom. The molecule has 3 rings (SSSR count). The van der Waals surface area contributed by atoms with Crippen LogP contribution in [0.4, 0.5) is 0 Å². The van der Waals surface area contributed by atoms with E-state index < -0.39 is 0 Å². The minimum Gasteiger partial charge on any atom is -0.468 e. The van der Waals surface area contributed by atoms with Crippen molar-refractivity contribution in [2.45, 2.75) is 25.6 Å². The summed E-state index contributed by atoms with van der Waals surface area (Å²) < 4.78 is 6.58. The first-order chi connectivity index (χ1) is 10.7. The van der Waals surface area contributed by atoms with Gasteiger partial charge in [-0.3, -0.25) is 14.9 Å². The Bertz CT molecular complexity index is 694. The number of Topliss-reactive ketones (excluding diaryl/α,β-unsaturated/α-hetero) is 1. The Morgan fingerprint density at radius 2 is 2.14 bits per heavy atom. The Morgan fingerprint density at radius 3 is 2.86 bits per heavy atom. The monoisotopic (exact) mass is 299 g/mol. The van der Waals surface area contributed by atoms with Crippen LogP contribution in [0, 0.1) is 0 Å². The van der Waals surface area contributed by atoms with Crippen molar-refractivity contribution in [2.24, 2.45) is 0 Å². The van der Waals surface area contributed by atoms with Crippen molar-refractivity contribution in [3.8, 4) is 0 Å². The van der Waals surface area contributed by atoms with Crippen molar-refractivity contribution in [3.63, 3.8) is 0 Å². The maximum atomic E-state index is 12.3. The third kappa shape index (κ3) is 2.78. The molecule has 0 bridgehead atoms. The minimum atomic E-state index is -0.370. The average Bonchev–Trinajstić information content (AvgIpc) is 2.97. The van der Waals surface area contributed by atoms with Gasteiger partial charge in [0.25, 0.3) is 0 Å². The lowest BCUT2D eigenvalue weighted by Gasteiger charge is -2.22. The second-order valence-electron chi connectivity index (χ2n) is 5.22. The Hall–Kier alpha value is -2.47. The molecule has 0 radical (unpaired) electrons. The number of nitrogens with zero attached hydrogens (tertiary/aromatic N) is 2. The Balaban J connectivity index is 1.74. The molecule has 1 aliphatic heterocycles. The van der Waals surface area contributed by atoms with Crippen LogP contribution in [-0.4, -0.2) is 34.5 Å². The third-order valence-electron chi connectivity index (χ3n) is 3.84. The molecule has 0 saturated carbocycles. The highest BCUT2D eigenvalue weighted by molar-refractivity contribution is 5.95. The summed E-state index contributed by atoms with van der Waals surface area (Å²) in [6.45, 7) is 0.744. The second-order valence-corrected chi connectivity index (χ2v) is 5.22. The molecule has 0 aliphatic carbocycles. The van der Waals surface area contributed by atoms with Gasteiger partial charge in [-0.05, 0) is 0 Å². The van der Waals surface area contributed by atoms with Gasteiger partial charge in [0.05, 0.1) is 31.4 Å². The summed E-state index contributed by atoms with van der Waals surface area (Å²) in [4.78, 5) is 28.2. The van der Waals surface area contributed by atoms with Crippen LogP contribution in [-0.2, 0) is 29.0 Å². The molecule has 1 atom stereocenters. The van der Waals surface area contributed by atoms with Crippen molar-refractivity contribution in [2.75, 3.05) is 7.11 Å². The van der Waals surface area contributed by atoms with Gasteiger partial charge in [-0.25, -0.2) is 4.98 Å². The number of hydrogen-bond donors (Lipinski definition) is 1. The highest BCUT2D eigenvalue weighted by Gasteiger charge is 2.28. The molecule has 6 nitrogen and oxygen atoms in total. The summed E-state index contributed by atoms with van der Waals surface area (Å²) in [7, 11) is 1.37. The number of nitrogens with one attached hydrogen (secondary N) is 1. The first-order valence-electron chi connectivity index (χ1n) is 7.11. The van der Waals surface area contributed by atoms with Crippen LogP contribution in [0.15, 0.2) is 36.7 Å². The molecule has 1 aromatic carbocycles. The molecule has 1 unspecified atom stereocenters. The van der Waals surface area contributed by atoms with E-state index in [0.717, 1.165) is 11.4 Å². The number of rotatable bonds is 4. The highest BCUT2D eigenvalue weighted by atomic mass is 16.5. The van der Waals surface area contributed by atoms with E-state index in [-0.39, 0.29) is 24.3 Å². The zero-order chi connectivity index (χ0) is 15.5. The fourth-order valence-corrected chi connectivity index (χ4v) is 2.62. The molecule has 0 fully saturated rings. The fourth-order valence-electron chi connectivity index (χ4n) is 2.62. The van der Waals surface area contributed by atoms with Gasteiger partial charge in [-0.1, -0.05) is 30.3 Å². The van der Waals surface area contributed by atoms with Crippen LogP contribution < -0.4 is 5.32 Å². The second kappa shape index (κ2) is 6.11.